The third kappa shape index (κ3) is 3.87. The number of hydrogen-bond donors (Lipinski definition) is 1. The molecule has 1 aromatic carbocycles. The van der Waals surface area contributed by atoms with E-state index in [-0.39, 0.29) is 11.4 Å². The Kier molecular flexibility index (Phi) is 5.26. The van der Waals surface area contributed by atoms with Crippen LogP contribution < -0.4 is 14.8 Å². The van der Waals surface area contributed by atoms with Gasteiger partial charge in [0.2, 0.25) is 0 Å². The molecular formula is C16H20N4O5. The zero-order valence-corrected chi connectivity index (χ0v) is 14.7. The lowest BCUT2D eigenvalue weighted by Gasteiger charge is -2.15. The minimum atomic E-state index is -0.939. The highest BCUT2D eigenvalue weighted by molar-refractivity contribution is 5.95. The summed E-state index contributed by atoms with van der Waals surface area (Å²) in [5.74, 6) is -0.102. The second-order valence-electron chi connectivity index (χ2n) is 5.51. The van der Waals surface area contributed by atoms with Crippen LogP contribution >= 0.6 is 0 Å². The molecule has 1 N–H and O–H groups in total. The smallest absolute Gasteiger partial charge is 0.314 e. The summed E-state index contributed by atoms with van der Waals surface area (Å²) in [6, 6.07) is 4.18. The van der Waals surface area contributed by atoms with Crippen molar-refractivity contribution in [3.63, 3.8) is 0 Å². The summed E-state index contributed by atoms with van der Waals surface area (Å²) in [5, 5.41) is 18.2. The van der Waals surface area contributed by atoms with E-state index < -0.39 is 16.9 Å². The van der Waals surface area contributed by atoms with Gasteiger partial charge in [0.25, 0.3) is 5.91 Å². The van der Waals surface area contributed by atoms with Gasteiger partial charge in [-0.25, -0.2) is 0 Å². The number of methoxy groups -OCH3 is 1. The summed E-state index contributed by atoms with van der Waals surface area (Å²) < 4.78 is 12.1. The maximum atomic E-state index is 12.4. The van der Waals surface area contributed by atoms with E-state index in [0.717, 1.165) is 5.69 Å². The molecule has 1 atom stereocenters. The lowest BCUT2D eigenvalue weighted by molar-refractivity contribution is -0.386. The highest BCUT2D eigenvalue weighted by Crippen LogP contribution is 2.32. The summed E-state index contributed by atoms with van der Waals surface area (Å²) in [4.78, 5) is 23.0. The van der Waals surface area contributed by atoms with Gasteiger partial charge < -0.3 is 14.8 Å². The van der Waals surface area contributed by atoms with E-state index in [1.54, 1.807) is 18.7 Å². The predicted molar refractivity (Wildman–Crippen MR) is 91.1 cm³/mol. The summed E-state index contributed by atoms with van der Waals surface area (Å²) in [7, 11) is 3.19. The number of nitro groups is 1. The largest absolute Gasteiger partial charge is 0.496 e. The fraction of sp³-hybridized carbons (Fsp3) is 0.375. The number of aryl methyl sites for hydroxylation is 2. The Morgan fingerprint density at radius 1 is 1.40 bits per heavy atom. The molecular weight excluding hydrogens is 328 g/mol. The number of nitrogens with zero attached hydrogens (tertiary/aromatic N) is 3. The zero-order valence-electron chi connectivity index (χ0n) is 14.7. The molecule has 0 radical (unpaired) electrons. The first-order chi connectivity index (χ1) is 11.7. The van der Waals surface area contributed by atoms with E-state index in [4.69, 9.17) is 9.47 Å². The number of nitro benzene ring substituents is 1. The van der Waals surface area contributed by atoms with Crippen molar-refractivity contribution in [2.24, 2.45) is 7.05 Å². The Hall–Kier alpha value is -3.10. The molecule has 134 valence electrons. The molecule has 1 heterocycles. The molecule has 0 unspecified atom stereocenters. The van der Waals surface area contributed by atoms with Gasteiger partial charge >= 0.3 is 5.69 Å². The average Bonchev–Trinajstić information content (AvgIpc) is 2.81. The second kappa shape index (κ2) is 7.20. The van der Waals surface area contributed by atoms with Crippen LogP contribution in [0.5, 0.6) is 11.5 Å². The highest BCUT2D eigenvalue weighted by Gasteiger charge is 2.23. The van der Waals surface area contributed by atoms with Gasteiger partial charge in [-0.05, 0) is 32.9 Å². The molecule has 1 amide bonds. The van der Waals surface area contributed by atoms with Gasteiger partial charge in [0.15, 0.2) is 11.9 Å². The first-order valence-corrected chi connectivity index (χ1v) is 7.54. The predicted octanol–water partition coefficient (Wildman–Crippen LogP) is 2.36. The third-order valence-electron chi connectivity index (χ3n) is 3.79. The molecule has 2 rings (SSSR count). The monoisotopic (exact) mass is 348 g/mol. The molecule has 0 fully saturated rings. The van der Waals surface area contributed by atoms with E-state index >= 15 is 0 Å². The van der Waals surface area contributed by atoms with E-state index in [1.807, 2.05) is 6.92 Å². The molecule has 2 aromatic rings. The van der Waals surface area contributed by atoms with E-state index in [1.165, 1.54) is 32.2 Å². The average molecular weight is 348 g/mol. The Balaban J connectivity index is 2.17. The van der Waals surface area contributed by atoms with Crippen molar-refractivity contribution in [3.05, 3.63) is 39.7 Å². The van der Waals surface area contributed by atoms with Crippen molar-refractivity contribution in [1.82, 2.24) is 9.78 Å². The van der Waals surface area contributed by atoms with Crippen molar-refractivity contribution in [2.45, 2.75) is 26.9 Å². The Morgan fingerprint density at radius 3 is 2.60 bits per heavy atom. The third-order valence-corrected chi connectivity index (χ3v) is 3.79. The van der Waals surface area contributed by atoms with E-state index in [0.29, 0.717) is 17.1 Å². The number of aromatic nitrogens is 2. The molecule has 1 aromatic heterocycles. The van der Waals surface area contributed by atoms with Crippen LogP contribution in [0.4, 0.5) is 11.4 Å². The summed E-state index contributed by atoms with van der Waals surface area (Å²) >= 11 is 0. The molecule has 25 heavy (non-hydrogen) atoms. The number of ether oxygens (including phenoxy) is 2. The fourth-order valence-electron chi connectivity index (χ4n) is 2.29. The van der Waals surface area contributed by atoms with Crippen molar-refractivity contribution < 1.29 is 19.2 Å². The molecule has 0 spiro atoms. The van der Waals surface area contributed by atoms with Crippen LogP contribution in [0.1, 0.15) is 18.3 Å². The number of carbonyl (C=O) groups excluding carboxylic acids is 1. The Morgan fingerprint density at radius 2 is 2.08 bits per heavy atom. The number of anilines is 1. The SMILES string of the molecule is COc1ccc(O[C@@H](C)C(=O)Nc2c(C)nn(C)c2C)c([N+](=O)[O-])c1. The quantitative estimate of drug-likeness (QED) is 0.634. The molecule has 0 bridgehead atoms. The van der Waals surface area contributed by atoms with Crippen LogP contribution in [0, 0.1) is 24.0 Å². The van der Waals surface area contributed by atoms with Crippen LogP contribution in [0.2, 0.25) is 0 Å². The zero-order chi connectivity index (χ0) is 18.7. The lowest BCUT2D eigenvalue weighted by atomic mass is 10.2. The number of amides is 1. The van der Waals surface area contributed by atoms with Crippen LogP contribution in [0.15, 0.2) is 18.2 Å². The first kappa shape index (κ1) is 18.2. The number of hydrogen-bond acceptors (Lipinski definition) is 6. The second-order valence-corrected chi connectivity index (χ2v) is 5.51. The topological polar surface area (TPSA) is 109 Å². The van der Waals surface area contributed by atoms with Gasteiger partial charge in [0.1, 0.15) is 5.75 Å². The normalized spacial score (nSPS) is 11.7. The van der Waals surface area contributed by atoms with Crippen molar-refractivity contribution in [1.29, 1.82) is 0 Å². The molecule has 9 heteroatoms. The Labute approximate surface area is 144 Å². The van der Waals surface area contributed by atoms with Crippen molar-refractivity contribution in [2.75, 3.05) is 12.4 Å². The van der Waals surface area contributed by atoms with Gasteiger partial charge in [-0.15, -0.1) is 0 Å². The summed E-state index contributed by atoms with van der Waals surface area (Å²) in [6.45, 7) is 5.13. The maximum absolute atomic E-state index is 12.4. The van der Waals surface area contributed by atoms with Crippen molar-refractivity contribution in [3.8, 4) is 11.5 Å². The highest BCUT2D eigenvalue weighted by atomic mass is 16.6. The Bertz CT molecular complexity index is 815. The van der Waals surface area contributed by atoms with E-state index in [9.17, 15) is 14.9 Å². The number of rotatable bonds is 6. The van der Waals surface area contributed by atoms with Gasteiger partial charge in [-0.3, -0.25) is 19.6 Å². The van der Waals surface area contributed by atoms with Gasteiger partial charge in [0.05, 0.1) is 35.2 Å². The van der Waals surface area contributed by atoms with Crippen LogP contribution in [0.3, 0.4) is 0 Å². The first-order valence-electron chi connectivity index (χ1n) is 7.54. The van der Waals surface area contributed by atoms with Crippen LogP contribution in [0.25, 0.3) is 0 Å². The molecule has 0 aliphatic heterocycles. The van der Waals surface area contributed by atoms with E-state index in [2.05, 4.69) is 10.4 Å². The number of carbonyl (C=O) groups is 1. The van der Waals surface area contributed by atoms with Gasteiger partial charge in [-0.1, -0.05) is 0 Å². The molecule has 0 saturated heterocycles. The molecule has 9 nitrogen and oxygen atoms in total. The standard InChI is InChI=1S/C16H20N4O5/c1-9-15(10(2)19(4)18-9)17-16(21)11(3)25-14-7-6-12(24-5)8-13(14)20(22)23/h6-8,11H,1-5H3,(H,17,21)/t11-/m0/s1. The van der Waals surface area contributed by atoms with Gasteiger partial charge in [-0.2, -0.15) is 5.10 Å². The fourth-order valence-corrected chi connectivity index (χ4v) is 2.29. The number of nitrogens with one attached hydrogen (secondary N) is 1. The minimum Gasteiger partial charge on any atom is -0.496 e. The maximum Gasteiger partial charge on any atom is 0.314 e. The molecule has 0 aliphatic carbocycles. The summed E-state index contributed by atoms with van der Waals surface area (Å²) in [5.41, 5.74) is 1.81. The van der Waals surface area contributed by atoms with Crippen molar-refractivity contribution >= 4 is 17.3 Å². The van der Waals surface area contributed by atoms with Gasteiger partial charge in [0, 0.05) is 7.05 Å². The summed E-state index contributed by atoms with van der Waals surface area (Å²) in [6.07, 6.45) is -0.939. The minimum absolute atomic E-state index is 0.00641. The van der Waals surface area contributed by atoms with Crippen LogP contribution in [-0.4, -0.2) is 33.8 Å². The molecule has 0 saturated carbocycles. The van der Waals surface area contributed by atoms with Crippen LogP contribution in [-0.2, 0) is 11.8 Å². The molecule has 0 aliphatic rings. The lowest BCUT2D eigenvalue weighted by Crippen LogP contribution is -2.30. The number of benzene rings is 1.